The van der Waals surface area contributed by atoms with Gasteiger partial charge in [0.1, 0.15) is 6.04 Å². The average molecular weight is 270 g/mol. The van der Waals surface area contributed by atoms with Gasteiger partial charge in [-0.2, -0.15) is 4.39 Å². The molecule has 1 aromatic heterocycles. The fourth-order valence-electron chi connectivity index (χ4n) is 1.74. The van der Waals surface area contributed by atoms with Crippen molar-refractivity contribution in [3.63, 3.8) is 0 Å². The van der Waals surface area contributed by atoms with Crippen LogP contribution in [-0.2, 0) is 4.79 Å². The molecule has 1 aromatic rings. The number of carboxylic acids is 1. The molecule has 1 atom stereocenters. The summed E-state index contributed by atoms with van der Waals surface area (Å²) >= 11 is 0. The van der Waals surface area contributed by atoms with Gasteiger partial charge in [-0.3, -0.25) is 4.79 Å². The number of carboxylic acid groups (broad SMARTS) is 1. The number of amides is 1. The molecule has 0 radical (unpaired) electrons. The molecule has 0 bridgehead atoms. The molecule has 1 heterocycles. The van der Waals surface area contributed by atoms with Crippen LogP contribution in [-0.4, -0.2) is 28.0 Å². The zero-order valence-corrected chi connectivity index (χ0v) is 9.90. The molecule has 1 amide bonds. The lowest BCUT2D eigenvalue weighted by Crippen LogP contribution is -2.41. The van der Waals surface area contributed by atoms with Crippen molar-refractivity contribution in [2.45, 2.75) is 25.3 Å². The van der Waals surface area contributed by atoms with E-state index in [0.717, 1.165) is 25.1 Å². The number of aromatic nitrogens is 1. The summed E-state index contributed by atoms with van der Waals surface area (Å²) < 4.78 is 26.2. The molecule has 1 aliphatic rings. The number of rotatable bonds is 5. The summed E-state index contributed by atoms with van der Waals surface area (Å²) in [6.07, 6.45) is 3.11. The van der Waals surface area contributed by atoms with Crippen molar-refractivity contribution in [3.8, 4) is 0 Å². The van der Waals surface area contributed by atoms with Crippen molar-refractivity contribution in [1.29, 1.82) is 0 Å². The Balaban J connectivity index is 2.09. The van der Waals surface area contributed by atoms with Crippen LogP contribution in [0.4, 0.5) is 8.78 Å². The van der Waals surface area contributed by atoms with Crippen LogP contribution < -0.4 is 5.32 Å². The van der Waals surface area contributed by atoms with E-state index in [1.807, 2.05) is 0 Å². The molecule has 1 aliphatic carbocycles. The van der Waals surface area contributed by atoms with E-state index in [2.05, 4.69) is 10.3 Å². The van der Waals surface area contributed by atoms with Gasteiger partial charge >= 0.3 is 5.97 Å². The van der Waals surface area contributed by atoms with Gasteiger partial charge < -0.3 is 10.4 Å². The SMILES string of the molecule is O=C(NC(CC1CC1)C(=O)O)c1ccnc(F)c1F. The third kappa shape index (κ3) is 3.24. The van der Waals surface area contributed by atoms with E-state index >= 15 is 0 Å². The zero-order chi connectivity index (χ0) is 14.0. The maximum atomic E-state index is 13.3. The third-order valence-electron chi connectivity index (χ3n) is 2.96. The Bertz CT molecular complexity index is 518. The number of hydrogen-bond acceptors (Lipinski definition) is 3. The van der Waals surface area contributed by atoms with Crippen LogP contribution in [0.25, 0.3) is 0 Å². The Morgan fingerprint density at radius 1 is 1.47 bits per heavy atom. The van der Waals surface area contributed by atoms with Crippen LogP contribution >= 0.6 is 0 Å². The molecular weight excluding hydrogens is 258 g/mol. The highest BCUT2D eigenvalue weighted by Gasteiger charge is 2.31. The minimum atomic E-state index is -1.39. The zero-order valence-electron chi connectivity index (χ0n) is 9.90. The van der Waals surface area contributed by atoms with Gasteiger partial charge in [-0.1, -0.05) is 12.8 Å². The van der Waals surface area contributed by atoms with Crippen LogP contribution in [0.1, 0.15) is 29.6 Å². The molecule has 1 unspecified atom stereocenters. The Labute approximate surface area is 107 Å². The number of nitrogens with one attached hydrogen (secondary N) is 1. The molecular formula is C12H12F2N2O3. The molecule has 2 rings (SSSR count). The van der Waals surface area contributed by atoms with Gasteiger partial charge in [-0.15, -0.1) is 0 Å². The standard InChI is InChI=1S/C12H12F2N2O3/c13-9-7(3-4-15-10(9)14)11(17)16-8(12(18)19)5-6-1-2-6/h3-4,6,8H,1-2,5H2,(H,16,17)(H,18,19). The molecule has 2 N–H and O–H groups in total. The van der Waals surface area contributed by atoms with Crippen molar-refractivity contribution in [2.75, 3.05) is 0 Å². The predicted octanol–water partition coefficient (Wildman–Crippen LogP) is 1.34. The molecule has 19 heavy (non-hydrogen) atoms. The molecule has 0 saturated heterocycles. The van der Waals surface area contributed by atoms with Crippen LogP contribution in [0.15, 0.2) is 12.3 Å². The summed E-state index contributed by atoms with van der Waals surface area (Å²) in [7, 11) is 0. The molecule has 0 aromatic carbocycles. The summed E-state index contributed by atoms with van der Waals surface area (Å²) in [4.78, 5) is 25.8. The second kappa shape index (κ2) is 5.29. The van der Waals surface area contributed by atoms with E-state index in [4.69, 9.17) is 5.11 Å². The fourth-order valence-corrected chi connectivity index (χ4v) is 1.74. The smallest absolute Gasteiger partial charge is 0.326 e. The Kier molecular flexibility index (Phi) is 3.73. The first-order valence-corrected chi connectivity index (χ1v) is 5.82. The van der Waals surface area contributed by atoms with Gasteiger partial charge in [-0.05, 0) is 18.4 Å². The minimum Gasteiger partial charge on any atom is -0.480 e. The van der Waals surface area contributed by atoms with Crippen LogP contribution in [0.3, 0.4) is 0 Å². The number of halogens is 2. The summed E-state index contributed by atoms with van der Waals surface area (Å²) in [5.41, 5.74) is -0.547. The minimum absolute atomic E-state index is 0.278. The topological polar surface area (TPSA) is 79.3 Å². The number of nitrogens with zero attached hydrogens (tertiary/aromatic N) is 1. The second-order valence-electron chi connectivity index (χ2n) is 4.51. The molecule has 0 spiro atoms. The van der Waals surface area contributed by atoms with Crippen molar-refractivity contribution in [1.82, 2.24) is 10.3 Å². The lowest BCUT2D eigenvalue weighted by Gasteiger charge is -2.14. The fraction of sp³-hybridized carbons (Fsp3) is 0.417. The normalized spacial score (nSPS) is 15.9. The quantitative estimate of drug-likeness (QED) is 0.791. The van der Waals surface area contributed by atoms with Gasteiger partial charge in [0.25, 0.3) is 5.91 Å². The number of aliphatic carboxylic acids is 1. The van der Waals surface area contributed by atoms with Gasteiger partial charge in [0, 0.05) is 6.20 Å². The van der Waals surface area contributed by atoms with Gasteiger partial charge in [0.15, 0.2) is 5.82 Å². The first kappa shape index (κ1) is 13.4. The summed E-state index contributed by atoms with van der Waals surface area (Å²) in [6.45, 7) is 0. The second-order valence-corrected chi connectivity index (χ2v) is 4.51. The highest BCUT2D eigenvalue weighted by Crippen LogP contribution is 2.33. The molecule has 1 saturated carbocycles. The van der Waals surface area contributed by atoms with Crippen LogP contribution in [0.2, 0.25) is 0 Å². The first-order chi connectivity index (χ1) is 8.99. The van der Waals surface area contributed by atoms with Crippen molar-refractivity contribution < 1.29 is 23.5 Å². The predicted molar refractivity (Wildman–Crippen MR) is 60.4 cm³/mol. The summed E-state index contributed by atoms with van der Waals surface area (Å²) in [5.74, 6) is -4.63. The Hall–Kier alpha value is -2.05. The van der Waals surface area contributed by atoms with Crippen LogP contribution in [0.5, 0.6) is 0 Å². The monoisotopic (exact) mass is 270 g/mol. The number of carbonyl (C=O) groups excluding carboxylic acids is 1. The summed E-state index contributed by atoms with van der Waals surface area (Å²) in [6, 6.07) is -0.0836. The number of carbonyl (C=O) groups is 2. The lowest BCUT2D eigenvalue weighted by molar-refractivity contribution is -0.139. The van der Waals surface area contributed by atoms with Gasteiger partial charge in [0.2, 0.25) is 5.95 Å². The van der Waals surface area contributed by atoms with E-state index in [1.165, 1.54) is 0 Å². The van der Waals surface area contributed by atoms with Crippen LogP contribution in [0, 0.1) is 17.7 Å². The van der Waals surface area contributed by atoms with Crippen molar-refractivity contribution >= 4 is 11.9 Å². The Morgan fingerprint density at radius 2 is 2.16 bits per heavy atom. The van der Waals surface area contributed by atoms with E-state index in [0.29, 0.717) is 6.42 Å². The average Bonchev–Trinajstić information content (AvgIpc) is 3.15. The third-order valence-corrected chi connectivity index (χ3v) is 2.96. The van der Waals surface area contributed by atoms with E-state index in [-0.39, 0.29) is 5.92 Å². The van der Waals surface area contributed by atoms with Gasteiger partial charge in [0.05, 0.1) is 5.56 Å². The van der Waals surface area contributed by atoms with Crippen molar-refractivity contribution in [3.05, 3.63) is 29.6 Å². The Morgan fingerprint density at radius 3 is 2.74 bits per heavy atom. The van der Waals surface area contributed by atoms with Gasteiger partial charge in [-0.25, -0.2) is 14.2 Å². The molecule has 1 fully saturated rings. The lowest BCUT2D eigenvalue weighted by atomic mass is 10.1. The largest absolute Gasteiger partial charge is 0.480 e. The summed E-state index contributed by atoms with van der Waals surface area (Å²) in [5, 5.41) is 11.2. The molecule has 0 aliphatic heterocycles. The maximum Gasteiger partial charge on any atom is 0.326 e. The van der Waals surface area contributed by atoms with Crippen molar-refractivity contribution in [2.24, 2.45) is 5.92 Å². The van der Waals surface area contributed by atoms with E-state index in [1.54, 1.807) is 0 Å². The maximum absolute atomic E-state index is 13.3. The molecule has 102 valence electrons. The first-order valence-electron chi connectivity index (χ1n) is 5.82. The highest BCUT2D eigenvalue weighted by molar-refractivity contribution is 5.96. The molecule has 7 heteroatoms. The number of hydrogen-bond donors (Lipinski definition) is 2. The van der Waals surface area contributed by atoms with E-state index in [9.17, 15) is 18.4 Å². The molecule has 5 nitrogen and oxygen atoms in total. The highest BCUT2D eigenvalue weighted by atomic mass is 19.2. The van der Waals surface area contributed by atoms with E-state index < -0.39 is 35.2 Å². The number of pyridine rings is 1.